The fourth-order valence-corrected chi connectivity index (χ4v) is 3.72. The Morgan fingerprint density at radius 3 is 2.88 bits per heavy atom. The number of morpholine rings is 1. The van der Waals surface area contributed by atoms with Gasteiger partial charge in [-0.1, -0.05) is 6.42 Å². The Kier molecular flexibility index (Phi) is 5.08. The van der Waals surface area contributed by atoms with E-state index < -0.39 is 0 Å². The monoisotopic (exact) mass is 345 g/mol. The molecule has 0 aromatic carbocycles. The lowest BCUT2D eigenvalue weighted by Crippen LogP contribution is -2.38. The molecule has 1 aliphatic heterocycles. The van der Waals surface area contributed by atoms with Crippen LogP contribution in [0.15, 0.2) is 22.8 Å². The van der Waals surface area contributed by atoms with Crippen molar-refractivity contribution in [2.24, 2.45) is 5.92 Å². The summed E-state index contributed by atoms with van der Waals surface area (Å²) >= 11 is 0. The lowest BCUT2D eigenvalue weighted by atomic mass is 9.85. The van der Waals surface area contributed by atoms with Gasteiger partial charge in [0.05, 0.1) is 25.0 Å². The topological polar surface area (TPSA) is 59.6 Å². The van der Waals surface area contributed by atoms with Crippen molar-refractivity contribution in [1.82, 2.24) is 14.8 Å². The van der Waals surface area contributed by atoms with E-state index >= 15 is 0 Å². The molecule has 1 N–H and O–H groups in total. The molecule has 2 aliphatic rings. The van der Waals surface area contributed by atoms with E-state index in [1.54, 1.807) is 6.26 Å². The first-order valence-corrected chi connectivity index (χ1v) is 9.46. The van der Waals surface area contributed by atoms with Gasteiger partial charge in [-0.05, 0) is 31.7 Å². The normalized spacial score (nSPS) is 19.2. The van der Waals surface area contributed by atoms with Crippen molar-refractivity contribution in [1.29, 1.82) is 0 Å². The van der Waals surface area contributed by atoms with E-state index in [-0.39, 0.29) is 5.91 Å². The number of amides is 1. The average Bonchev–Trinajstić information content (AvgIpc) is 3.17. The maximum atomic E-state index is 12.7. The Morgan fingerprint density at radius 2 is 2.12 bits per heavy atom. The lowest BCUT2D eigenvalue weighted by molar-refractivity contribution is 0.0374. The molecule has 0 atom stereocenters. The number of aromatic nitrogens is 1. The Morgan fingerprint density at radius 1 is 1.28 bits per heavy atom. The van der Waals surface area contributed by atoms with Gasteiger partial charge in [0.15, 0.2) is 5.58 Å². The Labute approximate surface area is 148 Å². The van der Waals surface area contributed by atoms with Gasteiger partial charge < -0.3 is 19.0 Å². The predicted molar refractivity (Wildman–Crippen MR) is 95.8 cm³/mol. The number of carbonyl (C=O) groups is 1. The molecule has 0 bridgehead atoms. The summed E-state index contributed by atoms with van der Waals surface area (Å²) in [6, 6.07) is 3.84. The number of hydrogen-bond acceptors (Lipinski definition) is 4. The zero-order chi connectivity index (χ0) is 17.1. The summed E-state index contributed by atoms with van der Waals surface area (Å²) < 4.78 is 13.0. The molecule has 0 radical (unpaired) electrons. The second-order valence-corrected chi connectivity index (χ2v) is 7.17. The molecule has 1 saturated heterocycles. The molecule has 0 spiro atoms. The van der Waals surface area contributed by atoms with Crippen LogP contribution in [0.5, 0.6) is 0 Å². The summed E-state index contributed by atoms with van der Waals surface area (Å²) in [6.07, 6.45) is 6.50. The summed E-state index contributed by atoms with van der Waals surface area (Å²) in [5.41, 5.74) is 2.57. The van der Waals surface area contributed by atoms with Crippen LogP contribution in [-0.4, -0.2) is 54.8 Å². The van der Waals surface area contributed by atoms with Crippen molar-refractivity contribution in [3.05, 3.63) is 24.1 Å². The molecule has 0 unspecified atom stereocenters. The van der Waals surface area contributed by atoms with Gasteiger partial charge in [0.2, 0.25) is 0 Å². The van der Waals surface area contributed by atoms with E-state index in [1.807, 2.05) is 12.1 Å². The first-order chi connectivity index (χ1) is 12.3. The zero-order valence-corrected chi connectivity index (χ0v) is 14.7. The van der Waals surface area contributed by atoms with E-state index in [0.29, 0.717) is 12.5 Å². The average molecular weight is 345 g/mol. The summed E-state index contributed by atoms with van der Waals surface area (Å²) in [4.78, 5) is 15.1. The SMILES string of the molecule is O=C(NCCCN1CCOCC1)c1cc2occc2n1CC1CCC1. The van der Waals surface area contributed by atoms with Gasteiger partial charge >= 0.3 is 0 Å². The number of ether oxygens (including phenoxy) is 1. The minimum Gasteiger partial charge on any atom is -0.463 e. The van der Waals surface area contributed by atoms with Gasteiger partial charge in [-0.2, -0.15) is 0 Å². The third kappa shape index (κ3) is 3.75. The van der Waals surface area contributed by atoms with Crippen LogP contribution in [-0.2, 0) is 11.3 Å². The molecule has 1 aliphatic carbocycles. The number of nitrogens with zero attached hydrogens (tertiary/aromatic N) is 2. The quantitative estimate of drug-likeness (QED) is 0.783. The third-order valence-electron chi connectivity index (χ3n) is 5.46. The van der Waals surface area contributed by atoms with E-state index in [4.69, 9.17) is 9.15 Å². The first kappa shape index (κ1) is 16.7. The van der Waals surface area contributed by atoms with Crippen molar-refractivity contribution in [3.63, 3.8) is 0 Å². The van der Waals surface area contributed by atoms with Crippen molar-refractivity contribution < 1.29 is 13.9 Å². The maximum absolute atomic E-state index is 12.7. The van der Waals surface area contributed by atoms with Gasteiger partial charge in [0.1, 0.15) is 5.69 Å². The second-order valence-electron chi connectivity index (χ2n) is 7.17. The number of hydrogen-bond donors (Lipinski definition) is 1. The Bertz CT molecular complexity index is 711. The standard InChI is InChI=1S/C19H27N3O3/c23-19(20-6-2-7-21-8-11-24-12-9-21)17-13-18-16(5-10-25-18)22(17)14-15-3-1-4-15/h5,10,13,15H,1-4,6-9,11-12,14H2,(H,20,23). The minimum absolute atomic E-state index is 0.00713. The van der Waals surface area contributed by atoms with Crippen molar-refractivity contribution >= 4 is 17.0 Å². The van der Waals surface area contributed by atoms with Gasteiger partial charge in [-0.3, -0.25) is 9.69 Å². The molecule has 1 amide bonds. The summed E-state index contributed by atoms with van der Waals surface area (Å²) in [5, 5.41) is 3.08. The zero-order valence-electron chi connectivity index (χ0n) is 14.7. The Hall–Kier alpha value is -1.79. The molecule has 6 heteroatoms. The van der Waals surface area contributed by atoms with Crippen LogP contribution in [0.25, 0.3) is 11.1 Å². The van der Waals surface area contributed by atoms with Crippen LogP contribution in [0.2, 0.25) is 0 Å². The number of fused-ring (bicyclic) bond motifs is 1. The molecular weight excluding hydrogens is 318 g/mol. The molecule has 2 aromatic heterocycles. The minimum atomic E-state index is 0.00713. The number of rotatable bonds is 7. The molecule has 25 heavy (non-hydrogen) atoms. The number of nitrogens with one attached hydrogen (secondary N) is 1. The highest BCUT2D eigenvalue weighted by molar-refractivity contribution is 5.97. The number of carbonyl (C=O) groups excluding carboxylic acids is 1. The van der Waals surface area contributed by atoms with E-state index in [9.17, 15) is 4.79 Å². The van der Waals surface area contributed by atoms with Crippen LogP contribution in [0.1, 0.15) is 36.2 Å². The summed E-state index contributed by atoms with van der Waals surface area (Å²) in [6.45, 7) is 6.25. The predicted octanol–water partition coefficient (Wildman–Crippen LogP) is 2.49. The molecule has 2 aromatic rings. The van der Waals surface area contributed by atoms with Crippen molar-refractivity contribution in [3.8, 4) is 0 Å². The molecule has 2 fully saturated rings. The van der Waals surface area contributed by atoms with Crippen LogP contribution >= 0.6 is 0 Å². The smallest absolute Gasteiger partial charge is 0.268 e. The molecule has 1 saturated carbocycles. The number of furan rings is 1. The Balaban J connectivity index is 1.34. The van der Waals surface area contributed by atoms with Crippen LogP contribution < -0.4 is 5.32 Å². The van der Waals surface area contributed by atoms with Crippen LogP contribution in [0.3, 0.4) is 0 Å². The van der Waals surface area contributed by atoms with E-state index in [0.717, 1.165) is 62.6 Å². The third-order valence-corrected chi connectivity index (χ3v) is 5.46. The van der Waals surface area contributed by atoms with Gasteiger partial charge in [-0.15, -0.1) is 0 Å². The van der Waals surface area contributed by atoms with Crippen LogP contribution in [0, 0.1) is 5.92 Å². The molecule has 3 heterocycles. The second kappa shape index (κ2) is 7.62. The largest absolute Gasteiger partial charge is 0.463 e. The van der Waals surface area contributed by atoms with Gasteiger partial charge in [-0.25, -0.2) is 0 Å². The molecule has 6 nitrogen and oxygen atoms in total. The maximum Gasteiger partial charge on any atom is 0.268 e. The lowest BCUT2D eigenvalue weighted by Gasteiger charge is -2.27. The van der Waals surface area contributed by atoms with Gasteiger partial charge in [0.25, 0.3) is 5.91 Å². The summed E-state index contributed by atoms with van der Waals surface area (Å²) in [5.74, 6) is 0.700. The highest BCUT2D eigenvalue weighted by Crippen LogP contribution is 2.31. The molecular formula is C19H27N3O3. The fourth-order valence-electron chi connectivity index (χ4n) is 3.72. The summed E-state index contributed by atoms with van der Waals surface area (Å²) in [7, 11) is 0. The van der Waals surface area contributed by atoms with Crippen molar-refractivity contribution in [2.75, 3.05) is 39.4 Å². The molecule has 136 valence electrons. The highest BCUT2D eigenvalue weighted by atomic mass is 16.5. The fraction of sp³-hybridized carbons (Fsp3) is 0.632. The first-order valence-electron chi connectivity index (χ1n) is 9.46. The van der Waals surface area contributed by atoms with E-state index in [2.05, 4.69) is 14.8 Å². The highest BCUT2D eigenvalue weighted by Gasteiger charge is 2.23. The van der Waals surface area contributed by atoms with Crippen molar-refractivity contribution in [2.45, 2.75) is 32.2 Å². The van der Waals surface area contributed by atoms with Crippen LogP contribution in [0.4, 0.5) is 0 Å². The molecule has 4 rings (SSSR count). The van der Waals surface area contributed by atoms with Gasteiger partial charge in [0, 0.05) is 38.3 Å². The van der Waals surface area contributed by atoms with E-state index in [1.165, 1.54) is 19.3 Å².